The molecule has 1 aromatic heterocycles. The van der Waals surface area contributed by atoms with Crippen LogP contribution in [0.4, 0.5) is 8.78 Å². The number of hydrogen-bond acceptors (Lipinski definition) is 4. The second-order valence-electron chi connectivity index (χ2n) is 4.45. The van der Waals surface area contributed by atoms with Crippen molar-refractivity contribution in [1.29, 1.82) is 0 Å². The Bertz CT molecular complexity index is 680. The number of nitrogens with zero attached hydrogens (tertiary/aromatic N) is 1. The average Bonchev–Trinajstić information content (AvgIpc) is 2.87. The minimum Gasteiger partial charge on any atom is -0.460 e. The Balaban J connectivity index is 2.51. The van der Waals surface area contributed by atoms with Gasteiger partial charge in [-0.3, -0.25) is 0 Å². The van der Waals surface area contributed by atoms with Crippen LogP contribution in [0.15, 0.2) is 16.5 Å². The number of esters is 1. The molecule has 0 radical (unpaired) electrons. The second-order valence-corrected chi connectivity index (χ2v) is 4.45. The van der Waals surface area contributed by atoms with E-state index in [0.717, 1.165) is 6.07 Å². The predicted molar refractivity (Wildman–Crippen MR) is 71.9 cm³/mol. The topological polar surface area (TPSA) is 52.3 Å². The molecule has 112 valence electrons. The molecule has 1 aromatic carbocycles. The molecule has 0 aliphatic carbocycles. The van der Waals surface area contributed by atoms with Crippen LogP contribution in [0.25, 0.3) is 11.5 Å². The highest BCUT2D eigenvalue weighted by Gasteiger charge is 2.23. The van der Waals surface area contributed by atoms with Crippen molar-refractivity contribution in [1.82, 2.24) is 4.98 Å². The Kier molecular flexibility index (Phi) is 4.35. The molecule has 4 nitrogen and oxygen atoms in total. The van der Waals surface area contributed by atoms with E-state index in [2.05, 4.69) is 4.98 Å². The van der Waals surface area contributed by atoms with Gasteiger partial charge in [0.25, 0.3) is 0 Å². The van der Waals surface area contributed by atoms with Crippen LogP contribution in [-0.4, -0.2) is 17.6 Å². The number of benzene rings is 1. The molecule has 0 saturated carbocycles. The molecule has 0 unspecified atom stereocenters. The fourth-order valence-electron chi connectivity index (χ4n) is 1.88. The Hall–Kier alpha value is -2.24. The summed E-state index contributed by atoms with van der Waals surface area (Å²) in [6.45, 7) is 5.16. The summed E-state index contributed by atoms with van der Waals surface area (Å²) in [4.78, 5) is 15.9. The summed E-state index contributed by atoms with van der Waals surface area (Å²) in [5.74, 6) is -2.19. The second kappa shape index (κ2) is 6.03. The lowest BCUT2D eigenvalue weighted by molar-refractivity contribution is 0.0489. The Labute approximate surface area is 120 Å². The highest BCUT2D eigenvalue weighted by atomic mass is 19.1. The van der Waals surface area contributed by atoms with Gasteiger partial charge < -0.3 is 9.15 Å². The smallest absolute Gasteiger partial charge is 0.376 e. The number of rotatable bonds is 4. The summed E-state index contributed by atoms with van der Waals surface area (Å²) in [5, 5.41) is 0. The van der Waals surface area contributed by atoms with E-state index in [-0.39, 0.29) is 29.4 Å². The van der Waals surface area contributed by atoms with Crippen molar-refractivity contribution >= 4 is 5.97 Å². The number of hydrogen-bond donors (Lipinski definition) is 0. The van der Waals surface area contributed by atoms with E-state index in [1.54, 1.807) is 13.8 Å². The lowest BCUT2D eigenvalue weighted by Crippen LogP contribution is -2.05. The normalized spacial score (nSPS) is 10.7. The van der Waals surface area contributed by atoms with E-state index < -0.39 is 17.6 Å². The van der Waals surface area contributed by atoms with Crippen LogP contribution in [0.5, 0.6) is 0 Å². The number of aryl methyl sites for hydroxylation is 2. The quantitative estimate of drug-likeness (QED) is 0.808. The molecule has 2 aromatic rings. The molecule has 0 aliphatic rings. The summed E-state index contributed by atoms with van der Waals surface area (Å²) >= 11 is 0. The highest BCUT2D eigenvalue weighted by molar-refractivity contribution is 5.88. The van der Waals surface area contributed by atoms with E-state index in [0.29, 0.717) is 12.1 Å². The molecule has 1 heterocycles. The Morgan fingerprint density at radius 3 is 2.62 bits per heavy atom. The zero-order valence-electron chi connectivity index (χ0n) is 12.0. The number of aromatic nitrogens is 1. The van der Waals surface area contributed by atoms with Crippen molar-refractivity contribution in [3.63, 3.8) is 0 Å². The monoisotopic (exact) mass is 295 g/mol. The number of ether oxygens (including phenoxy) is 1. The largest absolute Gasteiger partial charge is 0.460 e. The first-order chi connectivity index (χ1) is 9.97. The first-order valence-corrected chi connectivity index (χ1v) is 6.60. The van der Waals surface area contributed by atoms with E-state index in [9.17, 15) is 13.6 Å². The molecule has 0 N–H and O–H groups in total. The van der Waals surface area contributed by atoms with Crippen molar-refractivity contribution < 1.29 is 22.7 Å². The maximum atomic E-state index is 13.9. The van der Waals surface area contributed by atoms with Gasteiger partial charge in [0.2, 0.25) is 11.7 Å². The molecule has 0 saturated heterocycles. The molecular weight excluding hydrogens is 280 g/mol. The molecule has 2 rings (SSSR count). The molecule has 0 spiro atoms. The summed E-state index contributed by atoms with van der Waals surface area (Å²) in [6, 6.07) is 2.06. The lowest BCUT2D eigenvalue weighted by Gasteiger charge is -2.02. The molecule has 21 heavy (non-hydrogen) atoms. The standard InChI is InChI=1S/C15H15F2NO3/c1-4-12-13(15(19)20-5-2)21-14(18-12)9-6-8(3)10(16)7-11(9)17/h6-7H,4-5H2,1-3H3. The third-order valence-corrected chi connectivity index (χ3v) is 2.97. The zero-order valence-corrected chi connectivity index (χ0v) is 12.0. The van der Waals surface area contributed by atoms with Gasteiger partial charge in [-0.1, -0.05) is 6.92 Å². The van der Waals surface area contributed by atoms with Crippen molar-refractivity contribution in [2.24, 2.45) is 0 Å². The van der Waals surface area contributed by atoms with E-state index in [1.807, 2.05) is 0 Å². The van der Waals surface area contributed by atoms with Crippen LogP contribution in [0.3, 0.4) is 0 Å². The van der Waals surface area contributed by atoms with Gasteiger partial charge in [-0.05, 0) is 31.9 Å². The number of carbonyl (C=O) groups excluding carboxylic acids is 1. The van der Waals surface area contributed by atoms with Crippen molar-refractivity contribution in [2.75, 3.05) is 6.61 Å². The van der Waals surface area contributed by atoms with Gasteiger partial charge in [-0.2, -0.15) is 0 Å². The summed E-state index contributed by atoms with van der Waals surface area (Å²) in [7, 11) is 0. The van der Waals surface area contributed by atoms with Crippen molar-refractivity contribution in [3.8, 4) is 11.5 Å². The molecule has 0 bridgehead atoms. The van der Waals surface area contributed by atoms with Crippen LogP contribution in [0, 0.1) is 18.6 Å². The number of carbonyl (C=O) groups is 1. The first-order valence-electron chi connectivity index (χ1n) is 6.60. The number of oxazole rings is 1. The summed E-state index contributed by atoms with van der Waals surface area (Å²) < 4.78 is 37.3. The maximum absolute atomic E-state index is 13.9. The Morgan fingerprint density at radius 1 is 1.29 bits per heavy atom. The van der Waals surface area contributed by atoms with Crippen LogP contribution in [-0.2, 0) is 11.2 Å². The molecule has 0 atom stereocenters. The lowest BCUT2D eigenvalue weighted by atomic mass is 10.1. The van der Waals surface area contributed by atoms with Crippen molar-refractivity contribution in [3.05, 3.63) is 40.8 Å². The van der Waals surface area contributed by atoms with E-state index in [4.69, 9.17) is 9.15 Å². The summed E-state index contributed by atoms with van der Waals surface area (Å²) in [6.07, 6.45) is 0.430. The van der Waals surface area contributed by atoms with Gasteiger partial charge in [-0.25, -0.2) is 18.6 Å². The highest BCUT2D eigenvalue weighted by Crippen LogP contribution is 2.27. The van der Waals surface area contributed by atoms with Gasteiger partial charge in [0.05, 0.1) is 17.9 Å². The van der Waals surface area contributed by atoms with E-state index >= 15 is 0 Å². The number of halogens is 2. The summed E-state index contributed by atoms with van der Waals surface area (Å²) in [5.41, 5.74) is 0.657. The van der Waals surface area contributed by atoms with E-state index in [1.165, 1.54) is 13.0 Å². The molecule has 0 fully saturated rings. The van der Waals surface area contributed by atoms with Crippen LogP contribution >= 0.6 is 0 Å². The SMILES string of the molecule is CCOC(=O)c1oc(-c2cc(C)c(F)cc2F)nc1CC. The minimum absolute atomic E-state index is 0.0131. The average molecular weight is 295 g/mol. The first kappa shape index (κ1) is 15.2. The fraction of sp³-hybridized carbons (Fsp3) is 0.333. The van der Waals surface area contributed by atoms with Crippen LogP contribution in [0.1, 0.15) is 35.7 Å². The predicted octanol–water partition coefficient (Wildman–Crippen LogP) is 3.67. The van der Waals surface area contributed by atoms with Gasteiger partial charge in [0.1, 0.15) is 11.6 Å². The fourth-order valence-corrected chi connectivity index (χ4v) is 1.88. The molecule has 0 aliphatic heterocycles. The van der Waals surface area contributed by atoms with Crippen LogP contribution in [0.2, 0.25) is 0 Å². The third kappa shape index (κ3) is 2.94. The Morgan fingerprint density at radius 2 is 2.00 bits per heavy atom. The molecular formula is C15H15F2NO3. The third-order valence-electron chi connectivity index (χ3n) is 2.97. The molecule has 0 amide bonds. The van der Waals surface area contributed by atoms with Crippen LogP contribution < -0.4 is 0 Å². The minimum atomic E-state index is -0.794. The van der Waals surface area contributed by atoms with Crippen molar-refractivity contribution in [2.45, 2.75) is 27.2 Å². The van der Waals surface area contributed by atoms with Gasteiger partial charge >= 0.3 is 5.97 Å². The van der Waals surface area contributed by atoms with Gasteiger partial charge in [0.15, 0.2) is 0 Å². The zero-order chi connectivity index (χ0) is 15.6. The van der Waals surface area contributed by atoms with Gasteiger partial charge in [-0.15, -0.1) is 0 Å². The molecule has 6 heteroatoms. The maximum Gasteiger partial charge on any atom is 0.376 e. The van der Waals surface area contributed by atoms with Gasteiger partial charge in [0, 0.05) is 6.07 Å².